The van der Waals surface area contributed by atoms with E-state index in [4.69, 9.17) is 5.73 Å². The molecule has 0 aliphatic rings. The summed E-state index contributed by atoms with van der Waals surface area (Å²) in [5.41, 5.74) is 5.49. The average Bonchev–Trinajstić information content (AvgIpc) is 2.70. The van der Waals surface area contributed by atoms with Crippen LogP contribution in [0.1, 0.15) is 31.2 Å². The SMILES string of the molecule is CC(C)c1nc(-c2cc(C(F)(F)F)ccc2N)n(C)n1. The zero-order valence-corrected chi connectivity index (χ0v) is 11.4. The van der Waals surface area contributed by atoms with Gasteiger partial charge < -0.3 is 5.73 Å². The van der Waals surface area contributed by atoms with E-state index in [2.05, 4.69) is 10.1 Å². The average molecular weight is 284 g/mol. The van der Waals surface area contributed by atoms with E-state index in [0.29, 0.717) is 11.6 Å². The Balaban J connectivity index is 2.57. The summed E-state index contributed by atoms with van der Waals surface area (Å²) in [5, 5.41) is 4.19. The van der Waals surface area contributed by atoms with Crippen LogP contribution >= 0.6 is 0 Å². The molecule has 0 saturated heterocycles. The van der Waals surface area contributed by atoms with Crippen LogP contribution in [0.15, 0.2) is 18.2 Å². The molecular weight excluding hydrogens is 269 g/mol. The van der Waals surface area contributed by atoms with Gasteiger partial charge in [-0.25, -0.2) is 9.67 Å². The molecule has 2 aromatic rings. The van der Waals surface area contributed by atoms with E-state index in [1.54, 1.807) is 7.05 Å². The summed E-state index contributed by atoms with van der Waals surface area (Å²) >= 11 is 0. The van der Waals surface area contributed by atoms with Gasteiger partial charge in [0.25, 0.3) is 0 Å². The molecule has 0 amide bonds. The van der Waals surface area contributed by atoms with Gasteiger partial charge in [0.2, 0.25) is 0 Å². The van der Waals surface area contributed by atoms with Gasteiger partial charge in [-0.1, -0.05) is 13.8 Å². The van der Waals surface area contributed by atoms with Gasteiger partial charge in [-0.15, -0.1) is 0 Å². The lowest BCUT2D eigenvalue weighted by molar-refractivity contribution is -0.137. The van der Waals surface area contributed by atoms with Crippen LogP contribution in [0, 0.1) is 0 Å². The molecule has 1 aromatic heterocycles. The fraction of sp³-hybridized carbons (Fsp3) is 0.385. The number of nitrogens with two attached hydrogens (primary N) is 1. The summed E-state index contributed by atoms with van der Waals surface area (Å²) in [6, 6.07) is 3.20. The molecule has 0 atom stereocenters. The standard InChI is InChI=1S/C13H15F3N4/c1-7(2)11-18-12(20(3)19-11)9-6-8(13(14,15)16)4-5-10(9)17/h4-7H,17H2,1-3H3. The van der Waals surface area contributed by atoms with Crippen molar-refractivity contribution in [2.45, 2.75) is 25.9 Å². The third kappa shape index (κ3) is 2.61. The molecule has 0 fully saturated rings. The van der Waals surface area contributed by atoms with Crippen molar-refractivity contribution in [1.82, 2.24) is 14.8 Å². The fourth-order valence-electron chi connectivity index (χ4n) is 1.81. The van der Waals surface area contributed by atoms with Crippen molar-refractivity contribution in [3.8, 4) is 11.4 Å². The number of aryl methyl sites for hydroxylation is 1. The van der Waals surface area contributed by atoms with Crippen LogP contribution in [0.2, 0.25) is 0 Å². The first kappa shape index (κ1) is 14.4. The summed E-state index contributed by atoms with van der Waals surface area (Å²) in [6.45, 7) is 3.82. The normalized spacial score (nSPS) is 12.2. The second-order valence-electron chi connectivity index (χ2n) is 4.87. The lowest BCUT2D eigenvalue weighted by atomic mass is 10.1. The number of hydrogen-bond acceptors (Lipinski definition) is 3. The number of benzene rings is 1. The van der Waals surface area contributed by atoms with Crippen LogP contribution in [-0.4, -0.2) is 14.8 Å². The van der Waals surface area contributed by atoms with Gasteiger partial charge in [0.05, 0.1) is 5.56 Å². The summed E-state index contributed by atoms with van der Waals surface area (Å²) in [4.78, 5) is 4.27. The maximum Gasteiger partial charge on any atom is 0.416 e. The van der Waals surface area contributed by atoms with Gasteiger partial charge in [0.15, 0.2) is 11.6 Å². The van der Waals surface area contributed by atoms with Crippen LogP contribution < -0.4 is 5.73 Å². The summed E-state index contributed by atoms with van der Waals surface area (Å²) < 4.78 is 39.7. The molecule has 0 saturated carbocycles. The first-order valence-corrected chi connectivity index (χ1v) is 6.08. The maximum absolute atomic E-state index is 12.8. The van der Waals surface area contributed by atoms with E-state index < -0.39 is 11.7 Å². The number of rotatable bonds is 2. The van der Waals surface area contributed by atoms with E-state index in [-0.39, 0.29) is 17.2 Å². The first-order valence-electron chi connectivity index (χ1n) is 6.08. The molecular formula is C13H15F3N4. The quantitative estimate of drug-likeness (QED) is 0.861. The highest BCUT2D eigenvalue weighted by molar-refractivity contribution is 5.72. The second kappa shape index (κ2) is 4.81. The van der Waals surface area contributed by atoms with Gasteiger partial charge >= 0.3 is 6.18 Å². The Morgan fingerprint density at radius 3 is 2.40 bits per heavy atom. The number of halogens is 3. The lowest BCUT2D eigenvalue weighted by Crippen LogP contribution is -2.07. The van der Waals surface area contributed by atoms with Gasteiger partial charge in [0, 0.05) is 24.2 Å². The van der Waals surface area contributed by atoms with Crippen molar-refractivity contribution >= 4 is 5.69 Å². The van der Waals surface area contributed by atoms with Crippen LogP contribution in [-0.2, 0) is 13.2 Å². The van der Waals surface area contributed by atoms with Crippen molar-refractivity contribution in [1.29, 1.82) is 0 Å². The molecule has 0 spiro atoms. The minimum Gasteiger partial charge on any atom is -0.398 e. The van der Waals surface area contributed by atoms with Crippen molar-refractivity contribution < 1.29 is 13.2 Å². The van der Waals surface area contributed by atoms with Crippen LogP contribution in [0.4, 0.5) is 18.9 Å². The summed E-state index contributed by atoms with van der Waals surface area (Å²) in [6.07, 6.45) is -4.41. The first-order chi connectivity index (χ1) is 9.20. The molecule has 7 heteroatoms. The highest BCUT2D eigenvalue weighted by Crippen LogP contribution is 2.34. The zero-order valence-electron chi connectivity index (χ0n) is 11.4. The number of nitrogens with zero attached hydrogens (tertiary/aromatic N) is 3. The Morgan fingerprint density at radius 1 is 1.25 bits per heavy atom. The molecule has 1 aromatic carbocycles. The summed E-state index contributed by atoms with van der Waals surface area (Å²) in [7, 11) is 1.63. The van der Waals surface area contributed by atoms with E-state index >= 15 is 0 Å². The minimum atomic E-state index is -4.41. The molecule has 4 nitrogen and oxygen atoms in total. The molecule has 20 heavy (non-hydrogen) atoms. The third-order valence-corrected chi connectivity index (χ3v) is 2.92. The predicted molar refractivity (Wildman–Crippen MR) is 69.9 cm³/mol. The molecule has 0 bridgehead atoms. The molecule has 2 rings (SSSR count). The summed E-state index contributed by atoms with van der Waals surface area (Å²) in [5.74, 6) is 0.985. The highest BCUT2D eigenvalue weighted by atomic mass is 19.4. The Bertz CT molecular complexity index is 629. The van der Waals surface area contributed by atoms with Crippen LogP contribution in [0.5, 0.6) is 0 Å². The Kier molecular flexibility index (Phi) is 3.45. The van der Waals surface area contributed by atoms with Gasteiger partial charge in [-0.2, -0.15) is 18.3 Å². The Morgan fingerprint density at radius 2 is 1.90 bits per heavy atom. The number of alkyl halides is 3. The fourth-order valence-corrected chi connectivity index (χ4v) is 1.81. The molecule has 0 radical (unpaired) electrons. The molecule has 2 N–H and O–H groups in total. The minimum absolute atomic E-state index is 0.0852. The molecule has 108 valence electrons. The zero-order chi connectivity index (χ0) is 15.1. The highest BCUT2D eigenvalue weighted by Gasteiger charge is 2.31. The Hall–Kier alpha value is -2.05. The van der Waals surface area contributed by atoms with Gasteiger partial charge in [-0.3, -0.25) is 0 Å². The topological polar surface area (TPSA) is 56.7 Å². The molecule has 1 heterocycles. The molecule has 0 aliphatic heterocycles. The van der Waals surface area contributed by atoms with E-state index in [9.17, 15) is 13.2 Å². The van der Waals surface area contributed by atoms with E-state index in [1.165, 1.54) is 10.7 Å². The van der Waals surface area contributed by atoms with Crippen molar-refractivity contribution in [3.63, 3.8) is 0 Å². The van der Waals surface area contributed by atoms with Crippen molar-refractivity contribution in [2.75, 3.05) is 5.73 Å². The van der Waals surface area contributed by atoms with E-state index in [0.717, 1.165) is 12.1 Å². The van der Waals surface area contributed by atoms with Gasteiger partial charge in [0.1, 0.15) is 0 Å². The van der Waals surface area contributed by atoms with Gasteiger partial charge in [-0.05, 0) is 18.2 Å². The largest absolute Gasteiger partial charge is 0.416 e. The number of hydrogen-bond donors (Lipinski definition) is 1. The third-order valence-electron chi connectivity index (χ3n) is 2.92. The predicted octanol–water partition coefficient (Wildman–Crippen LogP) is 3.21. The molecule has 0 aliphatic carbocycles. The smallest absolute Gasteiger partial charge is 0.398 e. The second-order valence-corrected chi connectivity index (χ2v) is 4.87. The van der Waals surface area contributed by atoms with Crippen molar-refractivity contribution in [2.24, 2.45) is 7.05 Å². The number of aromatic nitrogens is 3. The van der Waals surface area contributed by atoms with Crippen LogP contribution in [0.3, 0.4) is 0 Å². The maximum atomic E-state index is 12.8. The lowest BCUT2D eigenvalue weighted by Gasteiger charge is -2.10. The Labute approximate surface area is 114 Å². The monoisotopic (exact) mass is 284 g/mol. The number of nitrogen functional groups attached to an aromatic ring is 1. The van der Waals surface area contributed by atoms with Crippen LogP contribution in [0.25, 0.3) is 11.4 Å². The van der Waals surface area contributed by atoms with E-state index in [1.807, 2.05) is 13.8 Å². The molecule has 0 unspecified atom stereocenters. The van der Waals surface area contributed by atoms with Crippen molar-refractivity contribution in [3.05, 3.63) is 29.6 Å². The number of anilines is 1.